The molecule has 20 heavy (non-hydrogen) atoms. The largest absolute Gasteiger partial charge is 0.481 e. The van der Waals surface area contributed by atoms with Crippen molar-refractivity contribution in [1.29, 1.82) is 0 Å². The summed E-state index contributed by atoms with van der Waals surface area (Å²) in [6.45, 7) is 3.78. The molecule has 0 aromatic heterocycles. The van der Waals surface area contributed by atoms with Crippen molar-refractivity contribution in [2.24, 2.45) is 5.92 Å². The third-order valence-electron chi connectivity index (χ3n) is 3.57. The van der Waals surface area contributed by atoms with Crippen molar-refractivity contribution >= 4 is 17.9 Å². The number of likely N-dealkylation sites (tertiary alicyclic amines) is 1. The highest BCUT2D eigenvalue weighted by Crippen LogP contribution is 2.18. The summed E-state index contributed by atoms with van der Waals surface area (Å²) in [4.78, 5) is 37.3. The molecule has 2 saturated heterocycles. The molecular weight excluding hydrogens is 264 g/mol. The number of amides is 3. The van der Waals surface area contributed by atoms with Gasteiger partial charge in [-0.1, -0.05) is 0 Å². The summed E-state index contributed by atoms with van der Waals surface area (Å²) in [5.41, 5.74) is 0. The normalized spacial score (nSPS) is 19.4. The van der Waals surface area contributed by atoms with Crippen LogP contribution in [0.15, 0.2) is 0 Å². The van der Waals surface area contributed by atoms with E-state index >= 15 is 0 Å². The number of nitrogens with one attached hydrogen (secondary N) is 2. The van der Waals surface area contributed by atoms with E-state index in [9.17, 15) is 14.4 Å². The van der Waals surface area contributed by atoms with E-state index in [-0.39, 0.29) is 30.8 Å². The minimum atomic E-state index is -0.844. The first-order chi connectivity index (χ1) is 9.56. The second-order valence-electron chi connectivity index (χ2n) is 5.16. The number of hydrogen-bond acceptors (Lipinski definition) is 4. The van der Waals surface area contributed by atoms with Gasteiger partial charge in [0.25, 0.3) is 0 Å². The second-order valence-corrected chi connectivity index (χ2v) is 5.16. The Labute approximate surface area is 117 Å². The minimum Gasteiger partial charge on any atom is -0.481 e. The van der Waals surface area contributed by atoms with Crippen molar-refractivity contribution in [1.82, 2.24) is 20.4 Å². The number of rotatable bonds is 4. The van der Waals surface area contributed by atoms with Crippen LogP contribution in [0.5, 0.6) is 0 Å². The number of carboxylic acids is 1. The summed E-state index contributed by atoms with van der Waals surface area (Å²) in [7, 11) is 0. The Morgan fingerprint density at radius 2 is 1.80 bits per heavy atom. The van der Waals surface area contributed by atoms with Crippen LogP contribution < -0.4 is 10.6 Å². The number of carbonyl (C=O) groups is 3. The fourth-order valence-corrected chi connectivity index (χ4v) is 2.40. The van der Waals surface area contributed by atoms with Crippen LogP contribution in [-0.2, 0) is 9.59 Å². The smallest absolute Gasteiger partial charge is 0.317 e. The summed E-state index contributed by atoms with van der Waals surface area (Å²) in [6.07, 6.45) is 0.0868. The van der Waals surface area contributed by atoms with Crippen molar-refractivity contribution in [3.8, 4) is 0 Å². The highest BCUT2D eigenvalue weighted by atomic mass is 16.4. The molecule has 0 saturated carbocycles. The molecule has 0 bridgehead atoms. The van der Waals surface area contributed by atoms with Crippen LogP contribution in [0.4, 0.5) is 4.79 Å². The minimum absolute atomic E-state index is 0.00106. The van der Waals surface area contributed by atoms with E-state index in [0.717, 1.165) is 13.1 Å². The summed E-state index contributed by atoms with van der Waals surface area (Å²) < 4.78 is 0. The molecule has 0 unspecified atom stereocenters. The molecule has 8 heteroatoms. The zero-order valence-electron chi connectivity index (χ0n) is 11.3. The summed E-state index contributed by atoms with van der Waals surface area (Å²) in [5, 5.41) is 14.4. The number of urea groups is 1. The average Bonchev–Trinajstić information content (AvgIpc) is 2.40. The van der Waals surface area contributed by atoms with E-state index in [0.29, 0.717) is 26.2 Å². The third-order valence-corrected chi connectivity index (χ3v) is 3.57. The maximum Gasteiger partial charge on any atom is 0.317 e. The van der Waals surface area contributed by atoms with Crippen molar-refractivity contribution in [2.45, 2.75) is 6.42 Å². The van der Waals surface area contributed by atoms with Crippen LogP contribution in [0.2, 0.25) is 0 Å². The first-order valence-corrected chi connectivity index (χ1v) is 6.79. The van der Waals surface area contributed by atoms with Gasteiger partial charge in [-0.25, -0.2) is 4.79 Å². The van der Waals surface area contributed by atoms with Gasteiger partial charge >= 0.3 is 12.0 Å². The molecule has 0 aromatic rings. The second kappa shape index (κ2) is 6.56. The molecule has 0 atom stereocenters. The summed E-state index contributed by atoms with van der Waals surface area (Å²) >= 11 is 0. The molecule has 0 aromatic carbocycles. The molecule has 112 valence electrons. The number of aliphatic carboxylic acids is 1. The first kappa shape index (κ1) is 14.6. The van der Waals surface area contributed by atoms with Crippen molar-refractivity contribution in [3.63, 3.8) is 0 Å². The molecule has 3 N–H and O–H groups in total. The Balaban J connectivity index is 1.63. The molecule has 2 rings (SSSR count). The fraction of sp³-hybridized carbons (Fsp3) is 0.750. The average molecular weight is 284 g/mol. The van der Waals surface area contributed by atoms with E-state index in [1.165, 1.54) is 4.90 Å². The third kappa shape index (κ3) is 3.83. The molecule has 0 aliphatic carbocycles. The predicted molar refractivity (Wildman–Crippen MR) is 70.2 cm³/mol. The van der Waals surface area contributed by atoms with Gasteiger partial charge in [-0.2, -0.15) is 0 Å². The highest BCUT2D eigenvalue weighted by molar-refractivity contribution is 5.84. The first-order valence-electron chi connectivity index (χ1n) is 6.79. The van der Waals surface area contributed by atoms with Crippen LogP contribution in [0.3, 0.4) is 0 Å². The number of nitrogens with zero attached hydrogens (tertiary/aromatic N) is 2. The molecule has 3 amide bonds. The Morgan fingerprint density at radius 3 is 2.40 bits per heavy atom. The number of carbonyl (C=O) groups excluding carboxylic acids is 2. The van der Waals surface area contributed by atoms with E-state index in [2.05, 4.69) is 10.6 Å². The van der Waals surface area contributed by atoms with Crippen LogP contribution in [0.25, 0.3) is 0 Å². The fourth-order valence-electron chi connectivity index (χ4n) is 2.40. The Bertz CT molecular complexity index is 389. The van der Waals surface area contributed by atoms with E-state index < -0.39 is 5.97 Å². The van der Waals surface area contributed by atoms with Crippen LogP contribution in [-0.4, -0.2) is 78.6 Å². The van der Waals surface area contributed by atoms with Gasteiger partial charge in [-0.05, 0) is 0 Å². The van der Waals surface area contributed by atoms with Gasteiger partial charge in [-0.15, -0.1) is 0 Å². The lowest BCUT2D eigenvalue weighted by molar-refractivity contribution is -0.139. The summed E-state index contributed by atoms with van der Waals surface area (Å²) in [5.74, 6) is -0.895. The molecule has 2 fully saturated rings. The van der Waals surface area contributed by atoms with Gasteiger partial charge in [0.05, 0.1) is 13.0 Å². The Kier molecular flexibility index (Phi) is 4.78. The summed E-state index contributed by atoms with van der Waals surface area (Å²) in [6, 6.07) is -0.296. The van der Waals surface area contributed by atoms with Crippen molar-refractivity contribution in [2.75, 3.05) is 45.8 Å². The Morgan fingerprint density at radius 1 is 1.15 bits per heavy atom. The van der Waals surface area contributed by atoms with Gasteiger partial charge < -0.3 is 25.5 Å². The van der Waals surface area contributed by atoms with Crippen molar-refractivity contribution in [3.05, 3.63) is 0 Å². The standard InChI is InChI=1S/C12H20N4O4/c17-10(15-3-1-13-2-4-15)6-14-12(20)16-7-9(8-16)5-11(18)19/h9,13H,1-8H2,(H,14,20)(H,18,19). The van der Waals surface area contributed by atoms with Gasteiger partial charge in [-0.3, -0.25) is 9.59 Å². The monoisotopic (exact) mass is 284 g/mol. The topological polar surface area (TPSA) is 102 Å². The Hall–Kier alpha value is -1.83. The zero-order chi connectivity index (χ0) is 14.5. The highest BCUT2D eigenvalue weighted by Gasteiger charge is 2.32. The lowest BCUT2D eigenvalue weighted by Gasteiger charge is -2.38. The van der Waals surface area contributed by atoms with Crippen LogP contribution in [0, 0.1) is 5.92 Å². The van der Waals surface area contributed by atoms with Gasteiger partial charge in [0, 0.05) is 45.2 Å². The zero-order valence-corrected chi connectivity index (χ0v) is 11.3. The van der Waals surface area contributed by atoms with Crippen LogP contribution >= 0.6 is 0 Å². The van der Waals surface area contributed by atoms with Gasteiger partial charge in [0.1, 0.15) is 0 Å². The number of piperazine rings is 1. The molecule has 8 nitrogen and oxygen atoms in total. The van der Waals surface area contributed by atoms with E-state index in [4.69, 9.17) is 5.11 Å². The maximum absolute atomic E-state index is 11.8. The van der Waals surface area contributed by atoms with Gasteiger partial charge in [0.2, 0.25) is 5.91 Å². The lowest BCUT2D eigenvalue weighted by atomic mass is 9.97. The molecule has 2 aliphatic rings. The van der Waals surface area contributed by atoms with Gasteiger partial charge in [0.15, 0.2) is 0 Å². The lowest BCUT2D eigenvalue weighted by Crippen LogP contribution is -2.56. The van der Waals surface area contributed by atoms with Crippen LogP contribution in [0.1, 0.15) is 6.42 Å². The number of carboxylic acid groups (broad SMARTS) is 1. The molecule has 0 spiro atoms. The predicted octanol–water partition coefficient (Wildman–Crippen LogP) is -1.47. The molecular formula is C12H20N4O4. The molecule has 0 radical (unpaired) electrons. The molecule has 2 aliphatic heterocycles. The molecule has 2 heterocycles. The van der Waals surface area contributed by atoms with E-state index in [1.54, 1.807) is 4.90 Å². The van der Waals surface area contributed by atoms with Crippen molar-refractivity contribution < 1.29 is 19.5 Å². The quantitative estimate of drug-likeness (QED) is 0.585. The van der Waals surface area contributed by atoms with E-state index in [1.807, 2.05) is 0 Å². The maximum atomic E-state index is 11.8. The SMILES string of the molecule is O=C(O)CC1CN(C(=O)NCC(=O)N2CCNCC2)C1. The number of hydrogen-bond donors (Lipinski definition) is 3.